The number of nitrogens with zero attached hydrogens (tertiary/aromatic N) is 1. The Morgan fingerprint density at radius 1 is 0.892 bits per heavy atom. The van der Waals surface area contributed by atoms with E-state index in [4.69, 9.17) is 4.74 Å². The number of benzene rings is 3. The minimum absolute atomic E-state index is 0.0474. The van der Waals surface area contributed by atoms with Crippen LogP contribution in [0.2, 0.25) is 0 Å². The van der Waals surface area contributed by atoms with Crippen LogP contribution in [0.3, 0.4) is 0 Å². The molecule has 0 aromatic heterocycles. The van der Waals surface area contributed by atoms with Crippen molar-refractivity contribution in [1.29, 1.82) is 0 Å². The fraction of sp³-hybridized carbons (Fsp3) is 0.355. The van der Waals surface area contributed by atoms with E-state index < -0.39 is 6.09 Å². The van der Waals surface area contributed by atoms with Crippen LogP contribution in [0, 0.1) is 5.92 Å². The van der Waals surface area contributed by atoms with Gasteiger partial charge in [0.25, 0.3) is 0 Å². The molecule has 194 valence electrons. The summed E-state index contributed by atoms with van der Waals surface area (Å²) < 4.78 is 5.23. The van der Waals surface area contributed by atoms with Gasteiger partial charge in [0.15, 0.2) is 0 Å². The van der Waals surface area contributed by atoms with Gasteiger partial charge in [0.2, 0.25) is 5.91 Å². The zero-order chi connectivity index (χ0) is 25.9. The zero-order valence-electron chi connectivity index (χ0n) is 21.2. The van der Waals surface area contributed by atoms with E-state index in [9.17, 15) is 14.7 Å². The van der Waals surface area contributed by atoms with Gasteiger partial charge >= 0.3 is 6.09 Å². The van der Waals surface area contributed by atoms with E-state index in [2.05, 4.69) is 53.8 Å². The van der Waals surface area contributed by atoms with E-state index in [1.165, 1.54) is 11.1 Å². The first kappa shape index (κ1) is 26.4. The highest BCUT2D eigenvalue weighted by Gasteiger charge is 2.56. The molecular formula is C31H36N2O4. The molecule has 1 saturated carbocycles. The number of hydrogen-bond donors (Lipinski definition) is 2. The number of hydrogen-bond acceptors (Lipinski definition) is 4. The van der Waals surface area contributed by atoms with Gasteiger partial charge < -0.3 is 20.1 Å². The third kappa shape index (κ3) is 6.98. The Bertz CT molecular complexity index is 1080. The molecule has 1 aliphatic rings. The topological polar surface area (TPSA) is 78.9 Å². The molecule has 4 rings (SSSR count). The van der Waals surface area contributed by atoms with Crippen LogP contribution in [0.5, 0.6) is 0 Å². The third-order valence-corrected chi connectivity index (χ3v) is 7.11. The Balaban J connectivity index is 1.30. The van der Waals surface area contributed by atoms with Gasteiger partial charge in [-0.15, -0.1) is 0 Å². The second-order valence-electron chi connectivity index (χ2n) is 9.61. The van der Waals surface area contributed by atoms with Gasteiger partial charge in [-0.25, -0.2) is 4.79 Å². The van der Waals surface area contributed by atoms with Crippen molar-refractivity contribution in [2.24, 2.45) is 5.92 Å². The molecular weight excluding hydrogens is 464 g/mol. The van der Waals surface area contributed by atoms with Crippen LogP contribution in [0.15, 0.2) is 91.0 Å². The molecule has 6 heteroatoms. The van der Waals surface area contributed by atoms with Crippen molar-refractivity contribution in [1.82, 2.24) is 10.2 Å². The summed E-state index contributed by atoms with van der Waals surface area (Å²) in [5.41, 5.74) is 3.39. The molecule has 6 nitrogen and oxygen atoms in total. The maximum atomic E-state index is 13.2. The van der Waals surface area contributed by atoms with Crippen LogP contribution in [-0.4, -0.2) is 48.2 Å². The summed E-state index contributed by atoms with van der Waals surface area (Å²) in [7, 11) is 0. The summed E-state index contributed by atoms with van der Waals surface area (Å²) in [6.45, 7) is 1.81. The van der Waals surface area contributed by atoms with Crippen LogP contribution < -0.4 is 5.32 Å². The number of aliphatic hydroxyl groups excluding tert-OH is 1. The van der Waals surface area contributed by atoms with Gasteiger partial charge in [0, 0.05) is 38.1 Å². The summed E-state index contributed by atoms with van der Waals surface area (Å²) in [5.74, 6) is 0.362. The first-order valence-electron chi connectivity index (χ1n) is 13.1. The smallest absolute Gasteiger partial charge is 0.407 e. The van der Waals surface area contributed by atoms with E-state index in [0.717, 1.165) is 12.0 Å². The lowest BCUT2D eigenvalue weighted by Crippen LogP contribution is -2.36. The average Bonchev–Trinajstić information content (AvgIpc) is 3.68. The second kappa shape index (κ2) is 13.1. The molecule has 0 bridgehead atoms. The fourth-order valence-corrected chi connectivity index (χ4v) is 5.10. The largest absolute Gasteiger partial charge is 0.445 e. The van der Waals surface area contributed by atoms with Crippen molar-refractivity contribution in [3.8, 4) is 0 Å². The number of amides is 2. The molecule has 1 atom stereocenters. The Hall–Kier alpha value is -3.64. The van der Waals surface area contributed by atoms with Gasteiger partial charge in [0.05, 0.1) is 0 Å². The number of alkyl carbamates (subject to hydrolysis) is 1. The molecule has 1 aliphatic carbocycles. The quantitative estimate of drug-likeness (QED) is 0.327. The summed E-state index contributed by atoms with van der Waals surface area (Å²) in [4.78, 5) is 27.0. The van der Waals surface area contributed by atoms with Gasteiger partial charge in [-0.3, -0.25) is 4.79 Å². The minimum Gasteiger partial charge on any atom is -0.445 e. The number of carbonyl (C=O) groups is 2. The number of aliphatic hydroxyl groups is 1. The van der Waals surface area contributed by atoms with Crippen molar-refractivity contribution in [2.45, 2.75) is 37.7 Å². The standard InChI is InChI=1S/C31H36N2O4/c34-21-11-20-33(29(35)18-10-19-32-30(36)37-24-25-12-4-1-5-13-25)23-28-22-31(28,26-14-6-2-7-15-26)27-16-8-3-9-17-27/h1-9,12-17,28,34H,10-11,18-24H2,(H,32,36). The second-order valence-corrected chi connectivity index (χ2v) is 9.61. The Kier molecular flexibility index (Phi) is 9.33. The molecule has 3 aromatic rings. The van der Waals surface area contributed by atoms with Gasteiger partial charge in [-0.2, -0.15) is 0 Å². The molecule has 3 aromatic carbocycles. The van der Waals surface area contributed by atoms with Crippen LogP contribution in [0.1, 0.15) is 42.4 Å². The van der Waals surface area contributed by atoms with E-state index in [0.29, 0.717) is 44.8 Å². The summed E-state index contributed by atoms with van der Waals surface area (Å²) in [6.07, 6.45) is 1.91. The lowest BCUT2D eigenvalue weighted by Gasteiger charge is -2.26. The number of ether oxygens (including phenoxy) is 1. The monoisotopic (exact) mass is 500 g/mol. The summed E-state index contributed by atoms with van der Waals surface area (Å²) in [6, 6.07) is 30.6. The molecule has 0 aliphatic heterocycles. The number of carbonyl (C=O) groups excluding carboxylic acids is 2. The molecule has 1 fully saturated rings. The van der Waals surface area contributed by atoms with E-state index in [1.807, 2.05) is 47.4 Å². The van der Waals surface area contributed by atoms with Crippen LogP contribution in [0.25, 0.3) is 0 Å². The Morgan fingerprint density at radius 3 is 2.08 bits per heavy atom. The molecule has 0 radical (unpaired) electrons. The van der Waals surface area contributed by atoms with Crippen molar-refractivity contribution < 1.29 is 19.4 Å². The Morgan fingerprint density at radius 2 is 1.49 bits per heavy atom. The third-order valence-electron chi connectivity index (χ3n) is 7.11. The van der Waals surface area contributed by atoms with Gasteiger partial charge in [-0.05, 0) is 41.9 Å². The minimum atomic E-state index is -0.484. The highest BCUT2D eigenvalue weighted by Crippen LogP contribution is 2.59. The molecule has 37 heavy (non-hydrogen) atoms. The van der Waals surface area contributed by atoms with Crippen molar-refractivity contribution in [3.63, 3.8) is 0 Å². The van der Waals surface area contributed by atoms with Crippen LogP contribution in [-0.2, 0) is 21.6 Å². The maximum Gasteiger partial charge on any atom is 0.407 e. The van der Waals surface area contributed by atoms with Crippen molar-refractivity contribution in [3.05, 3.63) is 108 Å². The predicted molar refractivity (Wildman–Crippen MR) is 144 cm³/mol. The molecule has 2 N–H and O–H groups in total. The highest BCUT2D eigenvalue weighted by atomic mass is 16.5. The van der Waals surface area contributed by atoms with Crippen LogP contribution >= 0.6 is 0 Å². The number of nitrogens with one attached hydrogen (secondary N) is 1. The van der Waals surface area contributed by atoms with E-state index in [-0.39, 0.29) is 24.5 Å². The first-order valence-corrected chi connectivity index (χ1v) is 13.1. The molecule has 0 saturated heterocycles. The first-order chi connectivity index (χ1) is 18.1. The van der Waals surface area contributed by atoms with Gasteiger partial charge in [0.1, 0.15) is 6.61 Å². The normalized spacial score (nSPS) is 15.5. The SMILES string of the molecule is O=C(NCCCC(=O)N(CCCO)CC1CC1(c1ccccc1)c1ccccc1)OCc1ccccc1. The predicted octanol–water partition coefficient (Wildman–Crippen LogP) is 4.91. The molecule has 1 unspecified atom stereocenters. The van der Waals surface area contributed by atoms with Crippen molar-refractivity contribution >= 4 is 12.0 Å². The lowest BCUT2D eigenvalue weighted by atomic mass is 9.85. The van der Waals surface area contributed by atoms with E-state index in [1.54, 1.807) is 0 Å². The average molecular weight is 501 g/mol. The fourth-order valence-electron chi connectivity index (χ4n) is 5.10. The lowest BCUT2D eigenvalue weighted by molar-refractivity contribution is -0.131. The van der Waals surface area contributed by atoms with Crippen LogP contribution in [0.4, 0.5) is 4.79 Å². The molecule has 2 amide bonds. The van der Waals surface area contributed by atoms with Crippen molar-refractivity contribution in [2.75, 3.05) is 26.2 Å². The zero-order valence-corrected chi connectivity index (χ0v) is 21.2. The summed E-state index contributed by atoms with van der Waals surface area (Å²) in [5, 5.41) is 12.1. The maximum absolute atomic E-state index is 13.2. The summed E-state index contributed by atoms with van der Waals surface area (Å²) >= 11 is 0. The van der Waals surface area contributed by atoms with Gasteiger partial charge in [-0.1, -0.05) is 91.0 Å². The molecule has 0 spiro atoms. The number of rotatable bonds is 13. The molecule has 0 heterocycles. The highest BCUT2D eigenvalue weighted by molar-refractivity contribution is 5.76. The van der Waals surface area contributed by atoms with E-state index >= 15 is 0 Å². The Labute approximate surface area is 219 Å².